The predicted molar refractivity (Wildman–Crippen MR) is 74.3 cm³/mol. The van der Waals surface area contributed by atoms with Crippen LogP contribution >= 0.6 is 0 Å². The number of aromatic amines is 1. The maximum Gasteiger partial charge on any atom is 0.188 e. The van der Waals surface area contributed by atoms with E-state index in [2.05, 4.69) is 21.4 Å². The summed E-state index contributed by atoms with van der Waals surface area (Å²) in [6.07, 6.45) is 4.84. The van der Waals surface area contributed by atoms with E-state index in [0.717, 1.165) is 18.5 Å². The Morgan fingerprint density at radius 2 is 2.00 bits per heavy atom. The van der Waals surface area contributed by atoms with Gasteiger partial charge in [-0.1, -0.05) is 30.3 Å². The van der Waals surface area contributed by atoms with Crippen molar-refractivity contribution in [3.05, 3.63) is 59.9 Å². The van der Waals surface area contributed by atoms with Gasteiger partial charge in [0.2, 0.25) is 0 Å². The van der Waals surface area contributed by atoms with Gasteiger partial charge < -0.3 is 16.0 Å². The Morgan fingerprint density at radius 3 is 2.72 bits per heavy atom. The zero-order chi connectivity index (χ0) is 12.6. The molecule has 1 heterocycles. The van der Waals surface area contributed by atoms with Gasteiger partial charge in [-0.15, -0.1) is 0 Å². The molecular weight excluding hydrogens is 224 g/mol. The van der Waals surface area contributed by atoms with Crippen LogP contribution in [0.2, 0.25) is 0 Å². The summed E-state index contributed by atoms with van der Waals surface area (Å²) >= 11 is 0. The number of rotatable bonds is 5. The van der Waals surface area contributed by atoms with E-state index in [0.29, 0.717) is 12.5 Å². The van der Waals surface area contributed by atoms with E-state index in [1.54, 1.807) is 0 Å². The third-order valence-corrected chi connectivity index (χ3v) is 2.66. The number of hydrogen-bond donors (Lipinski definition) is 3. The van der Waals surface area contributed by atoms with Gasteiger partial charge in [-0.25, -0.2) is 4.99 Å². The van der Waals surface area contributed by atoms with Crippen LogP contribution in [-0.4, -0.2) is 17.5 Å². The number of nitrogens with one attached hydrogen (secondary N) is 2. The third-order valence-electron chi connectivity index (χ3n) is 2.66. The molecule has 0 saturated heterocycles. The highest BCUT2D eigenvalue weighted by Crippen LogP contribution is 1.99. The molecule has 94 valence electrons. The van der Waals surface area contributed by atoms with Gasteiger partial charge in [0.25, 0.3) is 0 Å². The number of aliphatic imine (C=N–C) groups is 1. The molecule has 0 spiro atoms. The summed E-state index contributed by atoms with van der Waals surface area (Å²) < 4.78 is 0. The van der Waals surface area contributed by atoms with E-state index >= 15 is 0 Å². The maximum absolute atomic E-state index is 5.79. The van der Waals surface area contributed by atoms with Crippen LogP contribution in [0.3, 0.4) is 0 Å². The van der Waals surface area contributed by atoms with Gasteiger partial charge in [-0.2, -0.15) is 0 Å². The lowest BCUT2D eigenvalue weighted by Crippen LogP contribution is -2.33. The van der Waals surface area contributed by atoms with Crippen molar-refractivity contribution in [1.29, 1.82) is 0 Å². The van der Waals surface area contributed by atoms with Crippen molar-refractivity contribution >= 4 is 5.96 Å². The topological polar surface area (TPSA) is 66.2 Å². The van der Waals surface area contributed by atoms with Crippen LogP contribution in [0, 0.1) is 0 Å². The Labute approximate surface area is 107 Å². The fourth-order valence-corrected chi connectivity index (χ4v) is 1.66. The molecule has 0 amide bonds. The van der Waals surface area contributed by atoms with Gasteiger partial charge in [-0.3, -0.25) is 0 Å². The van der Waals surface area contributed by atoms with Crippen LogP contribution in [0.25, 0.3) is 0 Å². The lowest BCUT2D eigenvalue weighted by Gasteiger charge is -2.04. The van der Waals surface area contributed by atoms with Gasteiger partial charge in [-0.05, 0) is 23.6 Å². The molecule has 0 unspecified atom stereocenters. The van der Waals surface area contributed by atoms with E-state index < -0.39 is 0 Å². The first-order valence-electron chi connectivity index (χ1n) is 6.04. The number of benzene rings is 1. The fourth-order valence-electron chi connectivity index (χ4n) is 1.66. The molecular formula is C14H18N4. The van der Waals surface area contributed by atoms with E-state index in [1.807, 2.05) is 42.7 Å². The van der Waals surface area contributed by atoms with Gasteiger partial charge in [0.05, 0.1) is 6.54 Å². The van der Waals surface area contributed by atoms with Crippen molar-refractivity contribution in [2.24, 2.45) is 10.7 Å². The molecule has 0 saturated carbocycles. The SMILES string of the molecule is NC(=NCc1ccccc1)NCCc1cc[nH]c1. The molecule has 0 bridgehead atoms. The Balaban J connectivity index is 1.72. The number of H-pyrrole nitrogens is 1. The first-order valence-corrected chi connectivity index (χ1v) is 6.04. The molecule has 0 fully saturated rings. The van der Waals surface area contributed by atoms with Gasteiger partial charge in [0.15, 0.2) is 5.96 Å². The van der Waals surface area contributed by atoms with Crippen LogP contribution < -0.4 is 11.1 Å². The molecule has 0 aliphatic carbocycles. The highest BCUT2D eigenvalue weighted by Gasteiger charge is 1.95. The van der Waals surface area contributed by atoms with Gasteiger partial charge in [0.1, 0.15) is 0 Å². The van der Waals surface area contributed by atoms with Crippen LogP contribution in [0.4, 0.5) is 0 Å². The van der Waals surface area contributed by atoms with E-state index in [1.165, 1.54) is 5.56 Å². The lowest BCUT2D eigenvalue weighted by atomic mass is 10.2. The summed E-state index contributed by atoms with van der Waals surface area (Å²) in [5.41, 5.74) is 8.21. The van der Waals surface area contributed by atoms with E-state index in [4.69, 9.17) is 5.73 Å². The summed E-state index contributed by atoms with van der Waals surface area (Å²) in [5.74, 6) is 0.495. The second-order valence-electron chi connectivity index (χ2n) is 4.08. The summed E-state index contributed by atoms with van der Waals surface area (Å²) in [4.78, 5) is 7.31. The first-order chi connectivity index (χ1) is 8.84. The van der Waals surface area contributed by atoms with E-state index in [-0.39, 0.29) is 0 Å². The van der Waals surface area contributed by atoms with Crippen LogP contribution in [0.1, 0.15) is 11.1 Å². The zero-order valence-corrected chi connectivity index (χ0v) is 10.3. The predicted octanol–water partition coefficient (Wildman–Crippen LogP) is 1.66. The normalized spacial score (nSPS) is 11.4. The molecule has 0 atom stereocenters. The van der Waals surface area contributed by atoms with E-state index in [9.17, 15) is 0 Å². The number of aromatic nitrogens is 1. The van der Waals surface area contributed by atoms with Crippen molar-refractivity contribution < 1.29 is 0 Å². The highest BCUT2D eigenvalue weighted by atomic mass is 15.1. The van der Waals surface area contributed by atoms with Crippen molar-refractivity contribution in [2.75, 3.05) is 6.54 Å². The summed E-state index contributed by atoms with van der Waals surface area (Å²) in [5, 5.41) is 3.11. The van der Waals surface area contributed by atoms with Crippen molar-refractivity contribution in [3.63, 3.8) is 0 Å². The minimum absolute atomic E-state index is 0.495. The molecule has 1 aromatic heterocycles. The molecule has 4 N–H and O–H groups in total. The average Bonchev–Trinajstić information content (AvgIpc) is 2.91. The number of nitrogens with two attached hydrogens (primary N) is 1. The lowest BCUT2D eigenvalue weighted by molar-refractivity contribution is 0.849. The quantitative estimate of drug-likeness (QED) is 0.551. The average molecular weight is 242 g/mol. The Bertz CT molecular complexity index is 474. The largest absolute Gasteiger partial charge is 0.370 e. The second kappa shape index (κ2) is 6.49. The molecule has 4 nitrogen and oxygen atoms in total. The number of guanidine groups is 1. The molecule has 0 aliphatic heterocycles. The molecule has 4 heteroatoms. The highest BCUT2D eigenvalue weighted by molar-refractivity contribution is 5.77. The van der Waals surface area contributed by atoms with Crippen molar-refractivity contribution in [3.8, 4) is 0 Å². The maximum atomic E-state index is 5.79. The van der Waals surface area contributed by atoms with Crippen LogP contribution in [-0.2, 0) is 13.0 Å². The van der Waals surface area contributed by atoms with Crippen LogP contribution in [0.15, 0.2) is 53.8 Å². The molecule has 2 aromatic rings. The molecule has 2 rings (SSSR count). The standard InChI is InChI=1S/C14H18N4/c15-14(17-9-7-13-6-8-16-10-13)18-11-12-4-2-1-3-5-12/h1-6,8,10,16H,7,9,11H2,(H3,15,17,18). The molecule has 1 aromatic carbocycles. The number of hydrogen-bond acceptors (Lipinski definition) is 1. The smallest absolute Gasteiger partial charge is 0.188 e. The summed E-state index contributed by atoms with van der Waals surface area (Å²) in [6.45, 7) is 1.41. The summed E-state index contributed by atoms with van der Waals surface area (Å²) in [7, 11) is 0. The summed E-state index contributed by atoms with van der Waals surface area (Å²) in [6, 6.07) is 12.1. The molecule has 18 heavy (non-hydrogen) atoms. The minimum atomic E-state index is 0.495. The number of nitrogens with zero attached hydrogens (tertiary/aromatic N) is 1. The molecule has 0 aliphatic rings. The van der Waals surface area contributed by atoms with Crippen molar-refractivity contribution in [1.82, 2.24) is 10.3 Å². The Morgan fingerprint density at radius 1 is 1.17 bits per heavy atom. The third kappa shape index (κ3) is 3.97. The Hall–Kier alpha value is -2.23. The second-order valence-corrected chi connectivity index (χ2v) is 4.08. The zero-order valence-electron chi connectivity index (χ0n) is 10.3. The Kier molecular flexibility index (Phi) is 4.41. The van der Waals surface area contributed by atoms with Gasteiger partial charge >= 0.3 is 0 Å². The minimum Gasteiger partial charge on any atom is -0.370 e. The van der Waals surface area contributed by atoms with Gasteiger partial charge in [0, 0.05) is 18.9 Å². The first kappa shape index (κ1) is 12.2. The monoisotopic (exact) mass is 242 g/mol. The van der Waals surface area contributed by atoms with Crippen LogP contribution in [0.5, 0.6) is 0 Å². The fraction of sp³-hybridized carbons (Fsp3) is 0.214. The molecule has 0 radical (unpaired) electrons. The van der Waals surface area contributed by atoms with Crippen molar-refractivity contribution in [2.45, 2.75) is 13.0 Å².